The Hall–Kier alpha value is 0.900. The van der Waals surface area contributed by atoms with Crippen LogP contribution in [0.15, 0.2) is 11.6 Å². The predicted molar refractivity (Wildman–Crippen MR) is 114 cm³/mol. The fourth-order valence-electron chi connectivity index (χ4n) is 2.92. The van der Waals surface area contributed by atoms with E-state index < -0.39 is 0 Å². The normalized spacial score (nSPS) is 18.3. The van der Waals surface area contributed by atoms with Crippen LogP contribution in [-0.4, -0.2) is 20.5 Å². The van der Waals surface area contributed by atoms with Crippen molar-refractivity contribution in [2.75, 3.05) is 5.88 Å². The second-order valence-electron chi connectivity index (χ2n) is 8.31. The van der Waals surface area contributed by atoms with E-state index in [1.54, 1.807) is 0 Å². The van der Waals surface area contributed by atoms with Gasteiger partial charge in [0.15, 0.2) is 0 Å². The largest absolute Gasteiger partial charge is 0.122 e. The van der Waals surface area contributed by atoms with Gasteiger partial charge < -0.3 is 0 Å². The third-order valence-corrected chi connectivity index (χ3v) is 5.66. The number of hydrogen-bond donors (Lipinski definition) is 0. The average Bonchev–Trinajstić information content (AvgIpc) is 2.36. The molecule has 0 aromatic heterocycles. The molecule has 0 nitrogen and oxygen atoms in total. The topological polar surface area (TPSA) is 0 Å². The fraction of sp³-hybridized carbons (Fsp3) is 0.900. The molecule has 24 heavy (non-hydrogen) atoms. The summed E-state index contributed by atoms with van der Waals surface area (Å²) >= 11 is 25.3. The molecule has 0 rings (SSSR count). The molecule has 0 amide bonds. The summed E-state index contributed by atoms with van der Waals surface area (Å²) in [5.74, 6) is 0.596. The summed E-state index contributed by atoms with van der Waals surface area (Å²) in [6.45, 7) is 10.5. The Morgan fingerprint density at radius 3 is 1.58 bits per heavy atom. The number of allylic oxidation sites excluding steroid dienone is 2. The lowest BCUT2D eigenvalue weighted by Crippen LogP contribution is -2.21. The van der Waals surface area contributed by atoms with E-state index >= 15 is 0 Å². The van der Waals surface area contributed by atoms with Gasteiger partial charge in [0.2, 0.25) is 0 Å². The molecule has 0 heterocycles. The molecule has 0 aromatic rings. The van der Waals surface area contributed by atoms with Gasteiger partial charge in [-0.1, -0.05) is 11.6 Å². The Labute approximate surface area is 170 Å². The molecule has 0 N–H and O–H groups in total. The summed E-state index contributed by atoms with van der Waals surface area (Å²) < 4.78 is 0. The zero-order valence-electron chi connectivity index (χ0n) is 16.2. The second kappa shape index (κ2) is 11.6. The Morgan fingerprint density at radius 2 is 1.17 bits per heavy atom. The first kappa shape index (κ1) is 24.9. The molecule has 4 heteroatoms. The average molecular weight is 418 g/mol. The van der Waals surface area contributed by atoms with Crippen molar-refractivity contribution < 1.29 is 0 Å². The molecule has 0 aliphatic rings. The summed E-state index contributed by atoms with van der Waals surface area (Å²) in [5, 5.41) is 0. The minimum Gasteiger partial charge on any atom is -0.122 e. The van der Waals surface area contributed by atoms with Gasteiger partial charge in [-0.05, 0) is 92.4 Å². The van der Waals surface area contributed by atoms with Crippen molar-refractivity contribution in [1.29, 1.82) is 0 Å². The monoisotopic (exact) mass is 416 g/mol. The Morgan fingerprint density at radius 1 is 0.750 bits per heavy atom. The Balaban J connectivity index is 4.02. The van der Waals surface area contributed by atoms with Crippen LogP contribution in [0.2, 0.25) is 0 Å². The van der Waals surface area contributed by atoms with E-state index in [0.717, 1.165) is 57.8 Å². The van der Waals surface area contributed by atoms with Crippen LogP contribution in [0.4, 0.5) is 0 Å². The standard InChI is InChI=1S/C20H36Cl4/c1-17(10-16-21)9-6-12-19(4,23)14-8-15-20(5,24)13-7-11-18(2,3)22/h10H,6-9,11-16H2,1-5H3/b17-10+. The van der Waals surface area contributed by atoms with Crippen molar-refractivity contribution in [1.82, 2.24) is 0 Å². The maximum absolute atomic E-state index is 6.68. The van der Waals surface area contributed by atoms with Gasteiger partial charge in [0.1, 0.15) is 0 Å². The zero-order valence-corrected chi connectivity index (χ0v) is 19.2. The van der Waals surface area contributed by atoms with E-state index in [-0.39, 0.29) is 14.6 Å². The molecule has 2 unspecified atom stereocenters. The summed E-state index contributed by atoms with van der Waals surface area (Å²) in [4.78, 5) is -0.404. The molecule has 0 saturated heterocycles. The van der Waals surface area contributed by atoms with E-state index in [9.17, 15) is 0 Å². The van der Waals surface area contributed by atoms with Gasteiger partial charge in [0.05, 0.1) is 0 Å². The number of hydrogen-bond acceptors (Lipinski definition) is 0. The van der Waals surface area contributed by atoms with Crippen molar-refractivity contribution in [2.45, 2.75) is 107 Å². The van der Waals surface area contributed by atoms with E-state index in [0.29, 0.717) is 5.88 Å². The Bertz CT molecular complexity index is 364. The van der Waals surface area contributed by atoms with Gasteiger partial charge in [0, 0.05) is 20.5 Å². The van der Waals surface area contributed by atoms with Gasteiger partial charge in [-0.25, -0.2) is 0 Å². The maximum atomic E-state index is 6.68. The van der Waals surface area contributed by atoms with E-state index in [4.69, 9.17) is 46.4 Å². The van der Waals surface area contributed by atoms with E-state index in [2.05, 4.69) is 40.7 Å². The van der Waals surface area contributed by atoms with E-state index in [1.165, 1.54) is 5.57 Å². The minimum atomic E-state index is -0.144. The molecule has 0 saturated carbocycles. The summed E-state index contributed by atoms with van der Waals surface area (Å²) in [6, 6.07) is 0. The van der Waals surface area contributed by atoms with Crippen molar-refractivity contribution in [2.24, 2.45) is 0 Å². The lowest BCUT2D eigenvalue weighted by molar-refractivity contribution is 0.425. The first-order chi connectivity index (χ1) is 10.9. The quantitative estimate of drug-likeness (QED) is 0.207. The molecule has 0 aliphatic carbocycles. The molecule has 0 radical (unpaired) electrons. The number of rotatable bonds is 13. The second-order valence-corrected chi connectivity index (χ2v) is 11.5. The molecule has 0 aliphatic heterocycles. The molecular formula is C20H36Cl4. The first-order valence-corrected chi connectivity index (χ1v) is 10.8. The van der Waals surface area contributed by atoms with Crippen LogP contribution in [0.1, 0.15) is 92.4 Å². The highest BCUT2D eigenvalue weighted by Gasteiger charge is 2.25. The van der Waals surface area contributed by atoms with Crippen LogP contribution in [0, 0.1) is 0 Å². The maximum Gasteiger partial charge on any atom is 0.0418 e. The SMILES string of the molecule is C/C(=C\CCl)CCCC(C)(Cl)CCCC(C)(Cl)CCCC(C)(C)Cl. The number of alkyl halides is 4. The van der Waals surface area contributed by atoms with Gasteiger partial charge in [-0.2, -0.15) is 0 Å². The fourth-order valence-corrected chi connectivity index (χ4v) is 3.85. The van der Waals surface area contributed by atoms with Crippen LogP contribution >= 0.6 is 46.4 Å². The van der Waals surface area contributed by atoms with E-state index in [1.807, 2.05) is 0 Å². The smallest absolute Gasteiger partial charge is 0.0418 e. The molecule has 144 valence electrons. The van der Waals surface area contributed by atoms with Crippen LogP contribution < -0.4 is 0 Å². The van der Waals surface area contributed by atoms with Crippen molar-refractivity contribution in [3.8, 4) is 0 Å². The Kier molecular flexibility index (Phi) is 12.0. The third kappa shape index (κ3) is 15.2. The third-order valence-electron chi connectivity index (χ3n) is 4.56. The van der Waals surface area contributed by atoms with Crippen LogP contribution in [0.3, 0.4) is 0 Å². The van der Waals surface area contributed by atoms with Crippen molar-refractivity contribution in [3.63, 3.8) is 0 Å². The minimum absolute atomic E-state index is 0.127. The molecule has 0 fully saturated rings. The van der Waals surface area contributed by atoms with Crippen molar-refractivity contribution >= 4 is 46.4 Å². The van der Waals surface area contributed by atoms with Crippen LogP contribution in [0.5, 0.6) is 0 Å². The molecule has 0 aromatic carbocycles. The molecular weight excluding hydrogens is 382 g/mol. The van der Waals surface area contributed by atoms with Gasteiger partial charge in [0.25, 0.3) is 0 Å². The number of halogens is 4. The first-order valence-electron chi connectivity index (χ1n) is 9.15. The van der Waals surface area contributed by atoms with Crippen LogP contribution in [0.25, 0.3) is 0 Å². The van der Waals surface area contributed by atoms with Gasteiger partial charge in [-0.15, -0.1) is 46.4 Å². The van der Waals surface area contributed by atoms with Gasteiger partial charge >= 0.3 is 0 Å². The summed E-state index contributed by atoms with van der Waals surface area (Å²) in [6.07, 6.45) is 11.5. The highest BCUT2D eigenvalue weighted by Crippen LogP contribution is 2.34. The highest BCUT2D eigenvalue weighted by atomic mass is 35.5. The molecule has 0 spiro atoms. The van der Waals surface area contributed by atoms with Gasteiger partial charge in [-0.3, -0.25) is 0 Å². The lowest BCUT2D eigenvalue weighted by Gasteiger charge is -2.27. The van der Waals surface area contributed by atoms with Crippen molar-refractivity contribution in [3.05, 3.63) is 11.6 Å². The summed E-state index contributed by atoms with van der Waals surface area (Å²) in [5.41, 5.74) is 1.35. The summed E-state index contributed by atoms with van der Waals surface area (Å²) in [7, 11) is 0. The molecule has 0 bridgehead atoms. The zero-order chi connectivity index (χ0) is 18.9. The highest BCUT2D eigenvalue weighted by molar-refractivity contribution is 6.24. The van der Waals surface area contributed by atoms with Crippen LogP contribution in [-0.2, 0) is 0 Å². The predicted octanol–water partition coefficient (Wildman–Crippen LogP) is 8.69. The lowest BCUT2D eigenvalue weighted by atomic mass is 9.90. The molecule has 2 atom stereocenters.